The number of rotatable bonds is 12. The van der Waals surface area contributed by atoms with Crippen molar-refractivity contribution in [1.82, 2.24) is 25.1 Å². The monoisotopic (exact) mass is 582 g/mol. The molecule has 1 aliphatic heterocycles. The van der Waals surface area contributed by atoms with Crippen LogP contribution in [0.2, 0.25) is 0 Å². The van der Waals surface area contributed by atoms with Gasteiger partial charge in [-0.25, -0.2) is 4.68 Å². The van der Waals surface area contributed by atoms with Crippen molar-refractivity contribution < 1.29 is 14.6 Å². The highest BCUT2D eigenvalue weighted by molar-refractivity contribution is 5.69. The molecule has 0 amide bonds. The first-order valence-electron chi connectivity index (χ1n) is 15.3. The van der Waals surface area contributed by atoms with Crippen LogP contribution in [0.1, 0.15) is 56.7 Å². The molecule has 1 aromatic heterocycles. The summed E-state index contributed by atoms with van der Waals surface area (Å²) in [5.41, 5.74) is 5.44. The van der Waals surface area contributed by atoms with Crippen molar-refractivity contribution in [2.24, 2.45) is 0 Å². The first kappa shape index (κ1) is 30.2. The molecule has 1 saturated heterocycles. The number of benzene rings is 3. The SMILES string of the molecule is CCOC(=O)CCCCn1nnnc1-c1ccccc1Cc1cc(O)cc(N2C[C@@H](C)N(Cc3ccccc3)C[C@@H]2C)c1. The minimum Gasteiger partial charge on any atom is -0.508 e. The molecule has 43 heavy (non-hydrogen) atoms. The number of carbonyl (C=O) groups is 1. The number of ether oxygens (including phenoxy) is 1. The van der Waals surface area contributed by atoms with E-state index in [1.165, 1.54) is 5.56 Å². The van der Waals surface area contributed by atoms with Gasteiger partial charge >= 0.3 is 5.97 Å². The quantitative estimate of drug-likeness (QED) is 0.174. The number of hydrogen-bond acceptors (Lipinski definition) is 8. The molecule has 0 saturated carbocycles. The first-order chi connectivity index (χ1) is 20.9. The van der Waals surface area contributed by atoms with Crippen molar-refractivity contribution in [1.29, 1.82) is 0 Å². The molecule has 5 rings (SSSR count). The summed E-state index contributed by atoms with van der Waals surface area (Å²) >= 11 is 0. The summed E-state index contributed by atoms with van der Waals surface area (Å²) in [5, 5.41) is 23.3. The van der Waals surface area contributed by atoms with E-state index in [9.17, 15) is 9.90 Å². The molecule has 0 unspecified atom stereocenters. The third-order valence-corrected chi connectivity index (χ3v) is 8.13. The van der Waals surface area contributed by atoms with Crippen LogP contribution in [-0.4, -0.2) is 68.0 Å². The molecule has 226 valence electrons. The van der Waals surface area contributed by atoms with Crippen LogP contribution in [0.25, 0.3) is 11.4 Å². The average Bonchev–Trinajstić information content (AvgIpc) is 3.46. The van der Waals surface area contributed by atoms with Crippen molar-refractivity contribution in [3.63, 3.8) is 0 Å². The van der Waals surface area contributed by atoms with Gasteiger partial charge in [0.15, 0.2) is 5.82 Å². The molecule has 2 heterocycles. The van der Waals surface area contributed by atoms with E-state index in [2.05, 4.69) is 81.6 Å². The third-order valence-electron chi connectivity index (χ3n) is 8.13. The number of nitrogens with zero attached hydrogens (tertiary/aromatic N) is 6. The van der Waals surface area contributed by atoms with E-state index < -0.39 is 0 Å². The fourth-order valence-electron chi connectivity index (χ4n) is 5.95. The fraction of sp³-hybridized carbons (Fsp3) is 0.412. The van der Waals surface area contributed by atoms with E-state index in [-0.39, 0.29) is 11.7 Å². The maximum atomic E-state index is 11.7. The van der Waals surface area contributed by atoms with Gasteiger partial charge in [-0.1, -0.05) is 54.6 Å². The van der Waals surface area contributed by atoms with Crippen LogP contribution >= 0.6 is 0 Å². The minimum atomic E-state index is -0.173. The molecule has 2 atom stereocenters. The maximum Gasteiger partial charge on any atom is 0.305 e. The number of hydrogen-bond donors (Lipinski definition) is 1. The van der Waals surface area contributed by atoms with Crippen LogP contribution in [-0.2, 0) is 29.0 Å². The molecular weight excluding hydrogens is 540 g/mol. The van der Waals surface area contributed by atoms with E-state index in [1.54, 1.807) is 4.68 Å². The second kappa shape index (κ2) is 14.3. The molecule has 4 aromatic rings. The van der Waals surface area contributed by atoms with Gasteiger partial charge < -0.3 is 14.7 Å². The zero-order chi connectivity index (χ0) is 30.2. The Balaban J connectivity index is 1.29. The number of phenolic OH excluding ortho intramolecular Hbond substituents is 1. The molecule has 9 heteroatoms. The maximum absolute atomic E-state index is 11.7. The van der Waals surface area contributed by atoms with Gasteiger partial charge in [-0.2, -0.15) is 0 Å². The Labute approximate surface area is 254 Å². The predicted octanol–water partition coefficient (Wildman–Crippen LogP) is 5.47. The molecule has 3 aromatic carbocycles. The van der Waals surface area contributed by atoms with Gasteiger partial charge in [0.25, 0.3) is 0 Å². The lowest BCUT2D eigenvalue weighted by molar-refractivity contribution is -0.143. The smallest absolute Gasteiger partial charge is 0.305 e. The summed E-state index contributed by atoms with van der Waals surface area (Å²) in [4.78, 5) is 16.6. The predicted molar refractivity (Wildman–Crippen MR) is 168 cm³/mol. The van der Waals surface area contributed by atoms with E-state index in [0.29, 0.717) is 50.3 Å². The minimum absolute atomic E-state index is 0.173. The normalized spacial score (nSPS) is 17.2. The highest BCUT2D eigenvalue weighted by Gasteiger charge is 2.29. The van der Waals surface area contributed by atoms with Gasteiger partial charge in [-0.05, 0) is 79.3 Å². The summed E-state index contributed by atoms with van der Waals surface area (Å²) < 4.78 is 6.83. The van der Waals surface area contributed by atoms with Crippen molar-refractivity contribution in [2.75, 3.05) is 24.6 Å². The summed E-state index contributed by atoms with van der Waals surface area (Å²) in [7, 11) is 0. The lowest BCUT2D eigenvalue weighted by Crippen LogP contribution is -2.56. The highest BCUT2D eigenvalue weighted by atomic mass is 16.5. The summed E-state index contributed by atoms with van der Waals surface area (Å²) in [5.74, 6) is 0.792. The number of piperazine rings is 1. The van der Waals surface area contributed by atoms with Crippen molar-refractivity contribution >= 4 is 11.7 Å². The molecular formula is C34H42N6O3. The Bertz CT molecular complexity index is 1490. The topological polar surface area (TPSA) is 96.6 Å². The van der Waals surface area contributed by atoms with Crippen LogP contribution in [0.3, 0.4) is 0 Å². The Kier molecular flexibility index (Phi) is 10.0. The Morgan fingerprint density at radius 2 is 1.74 bits per heavy atom. The van der Waals surface area contributed by atoms with Gasteiger partial charge in [0, 0.05) is 62.0 Å². The second-order valence-electron chi connectivity index (χ2n) is 11.4. The number of anilines is 1. The Morgan fingerprint density at radius 3 is 2.56 bits per heavy atom. The molecule has 1 fully saturated rings. The lowest BCUT2D eigenvalue weighted by atomic mass is 9.98. The Hall–Kier alpha value is -4.24. The third kappa shape index (κ3) is 7.78. The van der Waals surface area contributed by atoms with Crippen LogP contribution in [0.15, 0.2) is 72.8 Å². The Morgan fingerprint density at radius 1 is 0.953 bits per heavy atom. The number of carbonyl (C=O) groups excluding carboxylic acids is 1. The molecule has 0 aliphatic carbocycles. The van der Waals surface area contributed by atoms with E-state index in [4.69, 9.17) is 4.74 Å². The van der Waals surface area contributed by atoms with Crippen molar-refractivity contribution in [2.45, 2.75) is 71.6 Å². The molecule has 0 bridgehead atoms. The highest BCUT2D eigenvalue weighted by Crippen LogP contribution is 2.31. The summed E-state index contributed by atoms with van der Waals surface area (Å²) in [6, 6.07) is 25.4. The summed E-state index contributed by atoms with van der Waals surface area (Å²) in [6.07, 6.45) is 2.50. The summed E-state index contributed by atoms with van der Waals surface area (Å²) in [6.45, 7) is 10.1. The number of aryl methyl sites for hydroxylation is 1. The van der Waals surface area contributed by atoms with Crippen LogP contribution in [0, 0.1) is 0 Å². The van der Waals surface area contributed by atoms with Gasteiger partial charge in [0.1, 0.15) is 5.75 Å². The number of tetrazole rings is 1. The number of esters is 1. The fourth-order valence-corrected chi connectivity index (χ4v) is 5.95. The van der Waals surface area contributed by atoms with E-state index >= 15 is 0 Å². The van der Waals surface area contributed by atoms with Crippen LogP contribution in [0.4, 0.5) is 5.69 Å². The van der Waals surface area contributed by atoms with Gasteiger partial charge in [-0.15, -0.1) is 5.10 Å². The number of unbranched alkanes of at least 4 members (excludes halogenated alkanes) is 1. The molecule has 1 aliphatic rings. The van der Waals surface area contributed by atoms with Crippen molar-refractivity contribution in [3.05, 3.63) is 89.5 Å². The number of aromatic nitrogens is 4. The van der Waals surface area contributed by atoms with Crippen LogP contribution < -0.4 is 4.90 Å². The molecule has 0 spiro atoms. The van der Waals surface area contributed by atoms with Gasteiger partial charge in [-0.3, -0.25) is 9.69 Å². The van der Waals surface area contributed by atoms with Crippen LogP contribution in [0.5, 0.6) is 5.75 Å². The zero-order valence-electron chi connectivity index (χ0n) is 25.4. The van der Waals surface area contributed by atoms with E-state index in [0.717, 1.165) is 48.4 Å². The van der Waals surface area contributed by atoms with E-state index in [1.807, 2.05) is 37.3 Å². The second-order valence-corrected chi connectivity index (χ2v) is 11.4. The van der Waals surface area contributed by atoms with Gasteiger partial charge in [0.05, 0.1) is 6.61 Å². The standard InChI is InChI=1S/C34H42N6O3/c1-4-43-33(42)16-10-11-17-40-34(35-36-37-40)32-15-9-8-14-29(32)18-28-19-30(21-31(41)20-28)39-23-25(2)38(22-26(39)3)24-27-12-6-5-7-13-27/h5-9,12-15,19-21,25-26,41H,4,10-11,16-18,22-24H2,1-3H3/t25-,26+/m1/s1. The largest absolute Gasteiger partial charge is 0.508 e. The molecule has 0 radical (unpaired) electrons. The van der Waals surface area contributed by atoms with Gasteiger partial charge in [0.2, 0.25) is 0 Å². The molecule has 9 nitrogen and oxygen atoms in total. The molecule has 1 N–H and O–H groups in total. The lowest BCUT2D eigenvalue weighted by Gasteiger charge is -2.45. The first-order valence-corrected chi connectivity index (χ1v) is 15.3. The number of phenols is 1. The average molecular weight is 583 g/mol. The zero-order valence-corrected chi connectivity index (χ0v) is 25.4. The number of aromatic hydroxyl groups is 1. The van der Waals surface area contributed by atoms with Crippen molar-refractivity contribution in [3.8, 4) is 17.1 Å².